The summed E-state index contributed by atoms with van der Waals surface area (Å²) in [6.45, 7) is 1.85. The number of hydrogen-bond acceptors (Lipinski definition) is 4. The molecule has 2 rings (SSSR count). The molecule has 0 unspecified atom stereocenters. The minimum Gasteiger partial charge on any atom is -0.504 e. The van der Waals surface area contributed by atoms with E-state index in [1.807, 2.05) is 6.92 Å². The second kappa shape index (κ2) is 10.0. The maximum Gasteiger partial charge on any atom is 0.260 e. The Morgan fingerprint density at radius 3 is 2.63 bits per heavy atom. The van der Waals surface area contributed by atoms with E-state index in [1.54, 1.807) is 30.3 Å². The highest BCUT2D eigenvalue weighted by molar-refractivity contribution is 6.35. The molecular formula is C19H20Cl2N2O4. The summed E-state index contributed by atoms with van der Waals surface area (Å²) in [5, 5.41) is 13.1. The van der Waals surface area contributed by atoms with Crippen LogP contribution in [0.2, 0.25) is 10.0 Å². The lowest BCUT2D eigenvalue weighted by molar-refractivity contribution is -0.136. The minimum atomic E-state index is -0.400. The first-order valence-electron chi connectivity index (χ1n) is 8.34. The fourth-order valence-corrected chi connectivity index (χ4v) is 2.67. The monoisotopic (exact) mass is 410 g/mol. The van der Waals surface area contributed by atoms with E-state index in [9.17, 15) is 14.7 Å². The molecule has 0 aliphatic carbocycles. The highest BCUT2D eigenvalue weighted by Gasteiger charge is 2.18. The summed E-state index contributed by atoms with van der Waals surface area (Å²) >= 11 is 11.9. The summed E-state index contributed by atoms with van der Waals surface area (Å²) in [7, 11) is 0. The molecule has 2 N–H and O–H groups in total. The van der Waals surface area contributed by atoms with Crippen molar-refractivity contribution in [3.63, 3.8) is 0 Å². The number of aromatic hydroxyl groups is 1. The first kappa shape index (κ1) is 20.9. The quantitative estimate of drug-likeness (QED) is 0.690. The predicted molar refractivity (Wildman–Crippen MR) is 106 cm³/mol. The van der Waals surface area contributed by atoms with Crippen LogP contribution in [0.25, 0.3) is 0 Å². The second-order valence-electron chi connectivity index (χ2n) is 5.74. The van der Waals surface area contributed by atoms with Crippen LogP contribution in [-0.2, 0) is 9.59 Å². The van der Waals surface area contributed by atoms with Gasteiger partial charge in [0, 0.05) is 11.6 Å². The molecule has 0 aliphatic heterocycles. The van der Waals surface area contributed by atoms with Gasteiger partial charge in [-0.2, -0.15) is 0 Å². The van der Waals surface area contributed by atoms with Crippen LogP contribution >= 0.6 is 23.2 Å². The van der Waals surface area contributed by atoms with E-state index in [4.69, 9.17) is 27.9 Å². The number of ether oxygens (including phenoxy) is 1. The van der Waals surface area contributed by atoms with Gasteiger partial charge in [0.05, 0.1) is 17.3 Å². The molecule has 2 aromatic rings. The van der Waals surface area contributed by atoms with Gasteiger partial charge in [-0.05, 0) is 36.8 Å². The van der Waals surface area contributed by atoms with Gasteiger partial charge in [0.1, 0.15) is 0 Å². The number of hydrogen-bond donors (Lipinski definition) is 2. The Kier molecular flexibility index (Phi) is 7.76. The number of rotatable bonds is 8. The van der Waals surface area contributed by atoms with Crippen molar-refractivity contribution in [2.24, 2.45) is 0 Å². The molecule has 27 heavy (non-hydrogen) atoms. The molecule has 0 aromatic heterocycles. The van der Waals surface area contributed by atoms with Gasteiger partial charge in [0.2, 0.25) is 5.91 Å². The number of para-hydroxylation sites is 2. The number of carbonyl (C=O) groups is 2. The lowest BCUT2D eigenvalue weighted by Gasteiger charge is -2.22. The molecule has 0 heterocycles. The SMILES string of the molecule is CCCN(CC(=O)Nc1cc(Cl)ccc1Cl)C(=O)COc1ccccc1O. The van der Waals surface area contributed by atoms with Crippen LogP contribution in [0.15, 0.2) is 42.5 Å². The Balaban J connectivity index is 1.97. The maximum atomic E-state index is 12.4. The highest BCUT2D eigenvalue weighted by Crippen LogP contribution is 2.26. The Labute approximate surface area is 167 Å². The molecule has 0 atom stereocenters. The van der Waals surface area contributed by atoms with Gasteiger partial charge in [0.25, 0.3) is 5.91 Å². The molecule has 2 amide bonds. The number of amides is 2. The van der Waals surface area contributed by atoms with E-state index in [0.29, 0.717) is 28.7 Å². The van der Waals surface area contributed by atoms with Crippen molar-refractivity contribution in [2.75, 3.05) is 25.0 Å². The molecule has 6 nitrogen and oxygen atoms in total. The second-order valence-corrected chi connectivity index (χ2v) is 6.59. The van der Waals surface area contributed by atoms with Crippen LogP contribution in [0, 0.1) is 0 Å². The lowest BCUT2D eigenvalue weighted by atomic mass is 10.3. The fourth-order valence-electron chi connectivity index (χ4n) is 2.33. The summed E-state index contributed by atoms with van der Waals surface area (Å²) < 4.78 is 5.35. The molecule has 2 aromatic carbocycles. The van der Waals surface area contributed by atoms with Crippen molar-refractivity contribution in [2.45, 2.75) is 13.3 Å². The van der Waals surface area contributed by atoms with Crippen molar-refractivity contribution < 1.29 is 19.4 Å². The van der Waals surface area contributed by atoms with Gasteiger partial charge < -0.3 is 20.1 Å². The van der Waals surface area contributed by atoms with Crippen LogP contribution in [0.1, 0.15) is 13.3 Å². The molecule has 0 saturated heterocycles. The summed E-state index contributed by atoms with van der Waals surface area (Å²) in [6.07, 6.45) is 0.674. The van der Waals surface area contributed by atoms with Crippen LogP contribution in [0.3, 0.4) is 0 Å². The van der Waals surface area contributed by atoms with Gasteiger partial charge in [-0.25, -0.2) is 0 Å². The van der Waals surface area contributed by atoms with E-state index in [2.05, 4.69) is 5.32 Å². The Hall–Kier alpha value is -2.44. The zero-order valence-corrected chi connectivity index (χ0v) is 16.3. The van der Waals surface area contributed by atoms with Crippen LogP contribution in [-0.4, -0.2) is 41.5 Å². The van der Waals surface area contributed by atoms with Gasteiger partial charge in [-0.3, -0.25) is 9.59 Å². The summed E-state index contributed by atoms with van der Waals surface area (Å²) in [5.41, 5.74) is 0.378. The molecule has 0 saturated carbocycles. The number of anilines is 1. The predicted octanol–water partition coefficient (Wildman–Crippen LogP) is 3.96. The number of halogens is 2. The normalized spacial score (nSPS) is 10.3. The Morgan fingerprint density at radius 2 is 1.93 bits per heavy atom. The molecule has 0 bridgehead atoms. The molecule has 144 valence electrons. The highest BCUT2D eigenvalue weighted by atomic mass is 35.5. The van der Waals surface area contributed by atoms with Gasteiger partial charge >= 0.3 is 0 Å². The van der Waals surface area contributed by atoms with Crippen molar-refractivity contribution in [1.82, 2.24) is 4.90 Å². The number of phenols is 1. The standard InChI is InChI=1S/C19H20Cl2N2O4/c1-2-9-23(19(26)12-27-17-6-4-3-5-16(17)24)11-18(25)22-15-10-13(20)7-8-14(15)21/h3-8,10,24H,2,9,11-12H2,1H3,(H,22,25). The first-order chi connectivity index (χ1) is 12.9. The third-order valence-electron chi connectivity index (χ3n) is 3.60. The molecule has 0 spiro atoms. The summed E-state index contributed by atoms with van der Waals surface area (Å²) in [4.78, 5) is 26.1. The van der Waals surface area contributed by atoms with Gasteiger partial charge in [-0.1, -0.05) is 42.3 Å². The first-order valence-corrected chi connectivity index (χ1v) is 9.09. The van der Waals surface area contributed by atoms with Gasteiger partial charge in [0.15, 0.2) is 18.1 Å². The number of phenolic OH excluding ortho intramolecular Hbond substituents is 1. The van der Waals surface area contributed by atoms with Gasteiger partial charge in [-0.15, -0.1) is 0 Å². The van der Waals surface area contributed by atoms with Crippen LogP contribution in [0.4, 0.5) is 5.69 Å². The largest absolute Gasteiger partial charge is 0.504 e. The molecule has 0 aliphatic rings. The minimum absolute atomic E-state index is 0.0549. The fraction of sp³-hybridized carbons (Fsp3) is 0.263. The van der Waals surface area contributed by atoms with E-state index in [0.717, 1.165) is 0 Å². The average Bonchev–Trinajstić information content (AvgIpc) is 2.63. The molecule has 8 heteroatoms. The number of benzene rings is 2. The Bertz CT molecular complexity index is 814. The van der Waals surface area contributed by atoms with Crippen LogP contribution < -0.4 is 10.1 Å². The average molecular weight is 411 g/mol. The lowest BCUT2D eigenvalue weighted by Crippen LogP contribution is -2.41. The number of carbonyl (C=O) groups excluding carboxylic acids is 2. The third kappa shape index (κ3) is 6.34. The van der Waals surface area contributed by atoms with E-state index < -0.39 is 5.91 Å². The Morgan fingerprint density at radius 1 is 1.19 bits per heavy atom. The molecule has 0 radical (unpaired) electrons. The van der Waals surface area contributed by atoms with Crippen LogP contribution in [0.5, 0.6) is 11.5 Å². The number of nitrogens with zero attached hydrogens (tertiary/aromatic N) is 1. The van der Waals surface area contributed by atoms with Crippen molar-refractivity contribution in [1.29, 1.82) is 0 Å². The van der Waals surface area contributed by atoms with E-state index in [-0.39, 0.29) is 30.6 Å². The topological polar surface area (TPSA) is 78.9 Å². The third-order valence-corrected chi connectivity index (χ3v) is 4.16. The van der Waals surface area contributed by atoms with E-state index in [1.165, 1.54) is 17.0 Å². The summed E-state index contributed by atoms with van der Waals surface area (Å²) in [6, 6.07) is 11.1. The van der Waals surface area contributed by atoms with Crippen molar-refractivity contribution in [3.8, 4) is 11.5 Å². The van der Waals surface area contributed by atoms with E-state index >= 15 is 0 Å². The molecule has 0 fully saturated rings. The van der Waals surface area contributed by atoms with Crippen molar-refractivity contribution >= 4 is 40.7 Å². The molecular weight excluding hydrogens is 391 g/mol. The zero-order valence-electron chi connectivity index (χ0n) is 14.7. The smallest absolute Gasteiger partial charge is 0.260 e. The number of nitrogens with one attached hydrogen (secondary N) is 1. The zero-order chi connectivity index (χ0) is 19.8. The van der Waals surface area contributed by atoms with Crippen molar-refractivity contribution in [3.05, 3.63) is 52.5 Å². The maximum absolute atomic E-state index is 12.4. The summed E-state index contributed by atoms with van der Waals surface area (Å²) in [5.74, 6) is -0.617.